The van der Waals surface area contributed by atoms with Gasteiger partial charge in [-0.2, -0.15) is 0 Å². The van der Waals surface area contributed by atoms with Gasteiger partial charge in [-0.25, -0.2) is 0 Å². The first-order chi connectivity index (χ1) is 5.41. The summed E-state index contributed by atoms with van der Waals surface area (Å²) in [6.45, 7) is 5.34. The second kappa shape index (κ2) is 9.36. The minimum atomic E-state index is 0.946. The van der Waals surface area contributed by atoms with E-state index in [1.165, 1.54) is 25.7 Å². The van der Waals surface area contributed by atoms with Crippen LogP contribution in [0.2, 0.25) is 0 Å². The first-order valence-electron chi connectivity index (χ1n) is 4.62. The molecule has 0 saturated heterocycles. The quantitative estimate of drug-likeness (QED) is 0.363. The van der Waals surface area contributed by atoms with Crippen LogP contribution in [0, 0.1) is 12.0 Å². The van der Waals surface area contributed by atoms with Gasteiger partial charge in [-0.3, -0.25) is 0 Å². The summed E-state index contributed by atoms with van der Waals surface area (Å²) in [6, 6.07) is 2.91. The molecule has 0 rings (SSSR count). The zero-order valence-electron chi connectivity index (χ0n) is 7.74. The van der Waals surface area contributed by atoms with Crippen molar-refractivity contribution in [2.75, 3.05) is 6.54 Å². The van der Waals surface area contributed by atoms with E-state index in [1.807, 2.05) is 0 Å². The molecule has 0 atom stereocenters. The number of rotatable bonds is 5. The summed E-state index contributed by atoms with van der Waals surface area (Å²) in [5.74, 6) is 2.98. The highest BCUT2D eigenvalue weighted by Gasteiger charge is 1.83. The van der Waals surface area contributed by atoms with Gasteiger partial charge >= 0.3 is 0 Å². The topological polar surface area (TPSA) is 12.0 Å². The molecule has 0 bridgehead atoms. The fourth-order valence-electron chi connectivity index (χ4n) is 0.854. The number of hydrogen-bond donors (Lipinski definition) is 1. The summed E-state index contributed by atoms with van der Waals surface area (Å²) in [5.41, 5.74) is 0. The van der Waals surface area contributed by atoms with Crippen LogP contribution in [-0.2, 0) is 0 Å². The van der Waals surface area contributed by atoms with Crippen molar-refractivity contribution in [2.24, 2.45) is 0 Å². The van der Waals surface area contributed by atoms with Gasteiger partial charge in [0.2, 0.25) is 0 Å². The second-order valence-corrected chi connectivity index (χ2v) is 2.64. The maximum Gasteiger partial charge on any atom is 0.0229 e. The molecule has 0 unspecified atom stereocenters. The number of hydrogen-bond acceptors (Lipinski definition) is 1. The van der Waals surface area contributed by atoms with Crippen LogP contribution in [0.3, 0.4) is 0 Å². The molecule has 0 radical (unpaired) electrons. The first-order valence-corrected chi connectivity index (χ1v) is 4.62. The third kappa shape index (κ3) is 9.36. The van der Waals surface area contributed by atoms with E-state index in [-0.39, 0.29) is 0 Å². The zero-order chi connectivity index (χ0) is 8.36. The van der Waals surface area contributed by atoms with Crippen molar-refractivity contribution in [3.63, 3.8) is 0 Å². The van der Waals surface area contributed by atoms with Crippen LogP contribution in [0.25, 0.3) is 0 Å². The minimum absolute atomic E-state index is 0.946. The molecule has 1 nitrogen and oxygen atoms in total. The van der Waals surface area contributed by atoms with Gasteiger partial charge in [0, 0.05) is 19.0 Å². The van der Waals surface area contributed by atoms with Crippen LogP contribution in [0.5, 0.6) is 0 Å². The highest BCUT2D eigenvalue weighted by Crippen LogP contribution is 1.96. The Morgan fingerprint density at radius 3 is 2.55 bits per heavy atom. The Balaban J connectivity index is 2.90. The summed E-state index contributed by atoms with van der Waals surface area (Å²) in [6.07, 6.45) is 6.19. The van der Waals surface area contributed by atoms with E-state index in [1.54, 1.807) is 0 Å². The highest BCUT2D eigenvalue weighted by molar-refractivity contribution is 4.94. The van der Waals surface area contributed by atoms with Crippen LogP contribution in [-0.4, -0.2) is 6.54 Å². The van der Waals surface area contributed by atoms with E-state index in [9.17, 15) is 0 Å². The Morgan fingerprint density at radius 2 is 1.91 bits per heavy atom. The molecular formula is C10H19N. The third-order valence-corrected chi connectivity index (χ3v) is 1.51. The normalized spacial score (nSPS) is 8.55. The summed E-state index contributed by atoms with van der Waals surface area (Å²) in [5, 5.41) is 3.08. The fourth-order valence-corrected chi connectivity index (χ4v) is 0.854. The van der Waals surface area contributed by atoms with E-state index in [4.69, 9.17) is 0 Å². The van der Waals surface area contributed by atoms with Crippen LogP contribution in [0.1, 0.15) is 46.0 Å². The highest BCUT2D eigenvalue weighted by atomic mass is 14.8. The number of nitrogens with one attached hydrogen (secondary N) is 1. The van der Waals surface area contributed by atoms with Gasteiger partial charge in [-0.1, -0.05) is 39.0 Å². The molecule has 0 aromatic rings. The third-order valence-electron chi connectivity index (χ3n) is 1.51. The van der Waals surface area contributed by atoms with Gasteiger partial charge in [-0.05, 0) is 6.42 Å². The van der Waals surface area contributed by atoms with Crippen molar-refractivity contribution in [1.29, 1.82) is 0 Å². The lowest BCUT2D eigenvalue weighted by Gasteiger charge is -1.96. The van der Waals surface area contributed by atoms with Crippen LogP contribution in [0.15, 0.2) is 0 Å². The van der Waals surface area contributed by atoms with Gasteiger partial charge in [0.25, 0.3) is 0 Å². The predicted molar refractivity (Wildman–Crippen MR) is 50.2 cm³/mol. The first kappa shape index (κ1) is 10.4. The molecule has 0 aliphatic carbocycles. The van der Waals surface area contributed by atoms with E-state index < -0.39 is 0 Å². The van der Waals surface area contributed by atoms with Crippen molar-refractivity contribution < 1.29 is 0 Å². The maximum atomic E-state index is 3.08. The van der Waals surface area contributed by atoms with Crippen molar-refractivity contribution in [2.45, 2.75) is 46.0 Å². The molecule has 0 aliphatic rings. The molecule has 0 saturated carbocycles. The van der Waals surface area contributed by atoms with Gasteiger partial charge in [-0.15, -0.1) is 0 Å². The molecule has 64 valence electrons. The van der Waals surface area contributed by atoms with E-state index in [0.717, 1.165) is 13.0 Å². The summed E-state index contributed by atoms with van der Waals surface area (Å²) in [4.78, 5) is 0. The summed E-state index contributed by atoms with van der Waals surface area (Å²) in [7, 11) is 0. The molecule has 1 heteroatoms. The van der Waals surface area contributed by atoms with Crippen LogP contribution >= 0.6 is 0 Å². The molecule has 0 heterocycles. The second-order valence-electron chi connectivity index (χ2n) is 2.64. The van der Waals surface area contributed by atoms with Crippen molar-refractivity contribution in [3.8, 4) is 12.0 Å². The zero-order valence-corrected chi connectivity index (χ0v) is 7.74. The maximum absolute atomic E-state index is 3.08. The molecule has 0 aromatic heterocycles. The molecule has 0 aromatic carbocycles. The standard InChI is InChI=1S/C10H19N/c1-3-5-7-8-10-11-9-6-4-2/h11H,3-5,7-8,10H2,1-2H3. The SMILES string of the molecule is CCC#CNCCCCCC. The monoisotopic (exact) mass is 153 g/mol. The minimum Gasteiger partial charge on any atom is -0.346 e. The Bertz CT molecular complexity index is 119. The lowest BCUT2D eigenvalue weighted by atomic mass is 10.2. The average molecular weight is 153 g/mol. The van der Waals surface area contributed by atoms with Crippen LogP contribution in [0.4, 0.5) is 0 Å². The van der Waals surface area contributed by atoms with Gasteiger partial charge in [0.1, 0.15) is 0 Å². The summed E-state index contributed by atoms with van der Waals surface area (Å²) >= 11 is 0. The summed E-state index contributed by atoms with van der Waals surface area (Å²) < 4.78 is 0. The molecule has 0 amide bonds. The Morgan fingerprint density at radius 1 is 1.09 bits per heavy atom. The molecule has 1 N–H and O–H groups in total. The van der Waals surface area contributed by atoms with Crippen molar-refractivity contribution in [1.82, 2.24) is 5.32 Å². The Hall–Kier alpha value is -0.640. The van der Waals surface area contributed by atoms with Crippen LogP contribution < -0.4 is 5.32 Å². The molecule has 0 aliphatic heterocycles. The van der Waals surface area contributed by atoms with Gasteiger partial charge in [0.15, 0.2) is 0 Å². The van der Waals surface area contributed by atoms with E-state index >= 15 is 0 Å². The van der Waals surface area contributed by atoms with Crippen molar-refractivity contribution in [3.05, 3.63) is 0 Å². The molecule has 0 fully saturated rings. The largest absolute Gasteiger partial charge is 0.346 e. The van der Waals surface area contributed by atoms with E-state index in [2.05, 4.69) is 31.1 Å². The molecule has 11 heavy (non-hydrogen) atoms. The smallest absolute Gasteiger partial charge is 0.0229 e. The number of unbranched alkanes of at least 4 members (excludes halogenated alkanes) is 3. The Labute approximate surface area is 70.6 Å². The average Bonchev–Trinajstić information content (AvgIpc) is 2.03. The molecule has 0 spiro atoms. The lowest BCUT2D eigenvalue weighted by Crippen LogP contribution is -2.06. The fraction of sp³-hybridized carbons (Fsp3) is 0.800. The van der Waals surface area contributed by atoms with Crippen molar-refractivity contribution >= 4 is 0 Å². The molecular weight excluding hydrogens is 134 g/mol. The van der Waals surface area contributed by atoms with Gasteiger partial charge < -0.3 is 5.32 Å². The predicted octanol–water partition coefficient (Wildman–Crippen LogP) is 2.53. The Kier molecular flexibility index (Phi) is 8.82. The lowest BCUT2D eigenvalue weighted by molar-refractivity contribution is 0.651. The van der Waals surface area contributed by atoms with E-state index in [0.29, 0.717) is 0 Å². The van der Waals surface area contributed by atoms with Gasteiger partial charge in [0.05, 0.1) is 0 Å².